The van der Waals surface area contributed by atoms with E-state index in [-0.39, 0.29) is 11.0 Å². The number of rotatable bonds is 3. The van der Waals surface area contributed by atoms with Crippen molar-refractivity contribution in [3.05, 3.63) is 35.4 Å². The predicted octanol–water partition coefficient (Wildman–Crippen LogP) is 6.24. The Morgan fingerprint density at radius 2 is 1.66 bits per heavy atom. The minimum Gasteiger partial charge on any atom is -0.378 e. The Kier molecular flexibility index (Phi) is 6.44. The third-order valence-corrected chi connectivity index (χ3v) is 10.3. The highest BCUT2D eigenvalue weighted by Gasteiger charge is 2.52. The molecule has 4 heteroatoms. The molecule has 1 unspecified atom stereocenters. The molecule has 0 aromatic heterocycles. The maximum Gasteiger partial charge on any atom is 0.172 e. The largest absolute Gasteiger partial charge is 0.378 e. The average molecular weight is 455 g/mol. The molecule has 0 bridgehead atoms. The van der Waals surface area contributed by atoms with Gasteiger partial charge >= 0.3 is 0 Å². The van der Waals surface area contributed by atoms with Gasteiger partial charge in [0, 0.05) is 17.9 Å². The first-order chi connectivity index (χ1) is 14.9. The summed E-state index contributed by atoms with van der Waals surface area (Å²) >= 11 is 0. The van der Waals surface area contributed by atoms with Gasteiger partial charge in [0.1, 0.15) is 5.60 Å². The van der Waals surface area contributed by atoms with Gasteiger partial charge in [-0.3, -0.25) is 0 Å². The van der Waals surface area contributed by atoms with Crippen LogP contribution in [0, 0.1) is 17.8 Å². The molecule has 4 rings (SSSR count). The monoisotopic (exact) mass is 454 g/mol. The van der Waals surface area contributed by atoms with Crippen molar-refractivity contribution >= 4 is 8.07 Å². The van der Waals surface area contributed by atoms with Crippen LogP contribution in [0.15, 0.2) is 24.3 Å². The van der Waals surface area contributed by atoms with Crippen LogP contribution in [-0.2, 0) is 14.9 Å². The molecule has 0 radical (unpaired) electrons. The summed E-state index contributed by atoms with van der Waals surface area (Å²) in [6.07, 6.45) is 5.95. The van der Waals surface area contributed by atoms with Crippen LogP contribution in [0.1, 0.15) is 76.3 Å². The zero-order chi connectivity index (χ0) is 23.2. The van der Waals surface area contributed by atoms with Gasteiger partial charge in [-0.25, -0.2) is 0 Å². The van der Waals surface area contributed by atoms with Crippen LogP contribution >= 0.6 is 0 Å². The van der Waals surface area contributed by atoms with E-state index in [4.69, 9.17) is 9.47 Å². The second-order valence-corrected chi connectivity index (χ2v) is 17.8. The summed E-state index contributed by atoms with van der Waals surface area (Å²) in [5.41, 5.74) is 2.26. The van der Waals surface area contributed by atoms with Crippen LogP contribution in [0.4, 0.5) is 0 Å². The van der Waals surface area contributed by atoms with Gasteiger partial charge in [-0.15, -0.1) is 0 Å². The third kappa shape index (κ3) is 4.87. The Morgan fingerprint density at radius 3 is 2.22 bits per heavy atom. The Balaban J connectivity index is 1.48. The van der Waals surface area contributed by atoms with Crippen molar-refractivity contribution in [1.82, 2.24) is 0 Å². The standard InChI is InChI=1S/C28H42O3Si/c1-26(2,3)23-12-10-21(11-13-23)22-19-27(29,20-22)16-14-25(32(4,5)6)24-9-7-8-15-28(24)30-17-18-31-28/h10-13,22,24-25,29H,7-9,15,17-20H2,1-6H3/t22?,24-,25?,27?/m0/s1. The smallest absolute Gasteiger partial charge is 0.172 e. The molecule has 1 heterocycles. The van der Waals surface area contributed by atoms with E-state index in [9.17, 15) is 5.11 Å². The van der Waals surface area contributed by atoms with Crippen LogP contribution in [0.5, 0.6) is 0 Å². The lowest BCUT2D eigenvalue weighted by atomic mass is 9.68. The van der Waals surface area contributed by atoms with E-state index < -0.39 is 19.5 Å². The molecule has 1 aromatic carbocycles. The lowest BCUT2D eigenvalue weighted by Crippen LogP contribution is -2.49. The van der Waals surface area contributed by atoms with Crippen LogP contribution in [0.25, 0.3) is 0 Å². The highest BCUT2D eigenvalue weighted by Crippen LogP contribution is 2.50. The van der Waals surface area contributed by atoms with Gasteiger partial charge < -0.3 is 14.6 Å². The van der Waals surface area contributed by atoms with E-state index in [1.165, 1.54) is 24.0 Å². The molecule has 1 aliphatic heterocycles. The quantitative estimate of drug-likeness (QED) is 0.434. The molecular formula is C28H42O3Si. The van der Waals surface area contributed by atoms with Gasteiger partial charge in [-0.2, -0.15) is 0 Å². The van der Waals surface area contributed by atoms with Crippen molar-refractivity contribution in [3.63, 3.8) is 0 Å². The van der Waals surface area contributed by atoms with Crippen molar-refractivity contribution in [2.45, 2.75) is 107 Å². The molecular weight excluding hydrogens is 412 g/mol. The van der Waals surface area contributed by atoms with Crippen molar-refractivity contribution in [2.24, 2.45) is 5.92 Å². The number of aliphatic hydroxyl groups is 1. The minimum absolute atomic E-state index is 0.166. The molecule has 1 spiro atoms. The Morgan fingerprint density at radius 1 is 1.03 bits per heavy atom. The third-order valence-electron chi connectivity index (χ3n) is 7.84. The van der Waals surface area contributed by atoms with Crippen molar-refractivity contribution < 1.29 is 14.6 Å². The fourth-order valence-electron chi connectivity index (χ4n) is 5.87. The fourth-order valence-corrected chi connectivity index (χ4v) is 8.00. The van der Waals surface area contributed by atoms with E-state index in [0.29, 0.717) is 25.0 Å². The molecule has 2 atom stereocenters. The Bertz CT molecular complexity index is 853. The SMILES string of the molecule is CC(C)(C)c1ccc(C2CC(O)(C#CC([C@@H]3CCCCC34OCCO4)[Si](C)(C)C)C2)cc1. The van der Waals surface area contributed by atoms with E-state index in [2.05, 4.69) is 76.5 Å². The summed E-state index contributed by atoms with van der Waals surface area (Å²) in [5.74, 6) is 7.28. The van der Waals surface area contributed by atoms with E-state index in [0.717, 1.165) is 25.7 Å². The first-order valence-electron chi connectivity index (χ1n) is 12.6. The molecule has 176 valence electrons. The summed E-state index contributed by atoms with van der Waals surface area (Å²) in [6.45, 7) is 15.3. The van der Waals surface area contributed by atoms with Gasteiger partial charge in [-0.05, 0) is 48.1 Å². The summed E-state index contributed by atoms with van der Waals surface area (Å²) in [5, 5.41) is 11.2. The molecule has 1 N–H and O–H groups in total. The molecule has 2 saturated carbocycles. The molecule has 3 nitrogen and oxygen atoms in total. The van der Waals surface area contributed by atoms with Crippen LogP contribution in [0.3, 0.4) is 0 Å². The topological polar surface area (TPSA) is 38.7 Å². The highest BCUT2D eigenvalue weighted by atomic mass is 28.3. The predicted molar refractivity (Wildman–Crippen MR) is 134 cm³/mol. The molecule has 1 saturated heterocycles. The van der Waals surface area contributed by atoms with Crippen molar-refractivity contribution in [1.29, 1.82) is 0 Å². The molecule has 3 aliphatic rings. The maximum atomic E-state index is 11.2. The fraction of sp³-hybridized carbons (Fsp3) is 0.714. The lowest BCUT2D eigenvalue weighted by molar-refractivity contribution is -0.211. The number of hydrogen-bond donors (Lipinski definition) is 1. The molecule has 3 fully saturated rings. The first kappa shape index (κ1) is 24.0. The lowest BCUT2D eigenvalue weighted by Gasteiger charge is -2.45. The first-order valence-corrected chi connectivity index (χ1v) is 16.1. The average Bonchev–Trinajstić information content (AvgIpc) is 3.15. The summed E-state index contributed by atoms with van der Waals surface area (Å²) in [6, 6.07) is 8.96. The van der Waals surface area contributed by atoms with E-state index in [1.54, 1.807) is 0 Å². The zero-order valence-corrected chi connectivity index (χ0v) is 22.0. The molecule has 2 aliphatic carbocycles. The Labute approximate surface area is 196 Å². The maximum absolute atomic E-state index is 11.2. The summed E-state index contributed by atoms with van der Waals surface area (Å²) < 4.78 is 12.4. The molecule has 0 amide bonds. The summed E-state index contributed by atoms with van der Waals surface area (Å²) in [4.78, 5) is 0. The van der Waals surface area contributed by atoms with E-state index in [1.807, 2.05) is 0 Å². The summed E-state index contributed by atoms with van der Waals surface area (Å²) in [7, 11) is -1.61. The van der Waals surface area contributed by atoms with Gasteiger partial charge in [0.2, 0.25) is 0 Å². The van der Waals surface area contributed by atoms with Crippen molar-refractivity contribution in [3.8, 4) is 11.8 Å². The Hall–Kier alpha value is -1.12. The van der Waals surface area contributed by atoms with Crippen LogP contribution in [-0.4, -0.2) is 37.8 Å². The number of ether oxygens (including phenoxy) is 2. The van der Waals surface area contributed by atoms with Crippen LogP contribution in [0.2, 0.25) is 25.2 Å². The molecule has 1 aromatic rings. The number of benzene rings is 1. The van der Waals surface area contributed by atoms with Gasteiger partial charge in [0.15, 0.2) is 5.79 Å². The highest BCUT2D eigenvalue weighted by molar-refractivity contribution is 6.78. The molecule has 32 heavy (non-hydrogen) atoms. The number of hydrogen-bond acceptors (Lipinski definition) is 3. The zero-order valence-electron chi connectivity index (χ0n) is 21.0. The normalized spacial score (nSPS) is 31.0. The van der Waals surface area contributed by atoms with E-state index >= 15 is 0 Å². The second-order valence-electron chi connectivity index (χ2n) is 12.5. The van der Waals surface area contributed by atoms with Gasteiger partial charge in [0.05, 0.1) is 21.3 Å². The van der Waals surface area contributed by atoms with Crippen molar-refractivity contribution in [2.75, 3.05) is 13.2 Å². The van der Waals surface area contributed by atoms with Crippen LogP contribution < -0.4 is 0 Å². The van der Waals surface area contributed by atoms with Gasteiger partial charge in [0.25, 0.3) is 0 Å². The van der Waals surface area contributed by atoms with Gasteiger partial charge in [-0.1, -0.05) is 82.9 Å². The minimum atomic E-state index is -1.61. The second kappa shape index (κ2) is 8.58.